The lowest BCUT2D eigenvalue weighted by Gasteiger charge is -2.42. The highest BCUT2D eigenvalue weighted by atomic mass is 16.5. The van der Waals surface area contributed by atoms with E-state index in [0.717, 1.165) is 43.2 Å². The Hall–Kier alpha value is -1.95. The third-order valence-electron chi connectivity index (χ3n) is 3.88. The molecule has 0 unspecified atom stereocenters. The Labute approximate surface area is 120 Å². The van der Waals surface area contributed by atoms with E-state index >= 15 is 0 Å². The van der Waals surface area contributed by atoms with E-state index in [0.29, 0.717) is 6.61 Å². The van der Waals surface area contributed by atoms with Crippen LogP contribution in [0.2, 0.25) is 0 Å². The van der Waals surface area contributed by atoms with Crippen molar-refractivity contribution in [3.05, 3.63) is 35.4 Å². The molecule has 0 spiro atoms. The minimum Gasteiger partial charge on any atom is -0.450 e. The molecular formula is C17H21NO2. The van der Waals surface area contributed by atoms with E-state index in [1.165, 1.54) is 0 Å². The summed E-state index contributed by atoms with van der Waals surface area (Å²) in [6.45, 7) is 2.55. The van der Waals surface area contributed by atoms with Gasteiger partial charge in [-0.3, -0.25) is 0 Å². The van der Waals surface area contributed by atoms with E-state index in [-0.39, 0.29) is 11.6 Å². The summed E-state index contributed by atoms with van der Waals surface area (Å²) in [6, 6.07) is 7.83. The van der Waals surface area contributed by atoms with E-state index in [9.17, 15) is 4.79 Å². The number of carbonyl (C=O) groups excluding carboxylic acids is 1. The number of rotatable bonds is 5. The van der Waals surface area contributed by atoms with Crippen molar-refractivity contribution < 1.29 is 9.53 Å². The molecule has 0 aromatic heterocycles. The van der Waals surface area contributed by atoms with Gasteiger partial charge in [0.15, 0.2) is 0 Å². The summed E-state index contributed by atoms with van der Waals surface area (Å²) >= 11 is 0. The summed E-state index contributed by atoms with van der Waals surface area (Å²) in [5.41, 5.74) is 1.69. The zero-order chi connectivity index (χ0) is 14.4. The Bertz CT molecular complexity index is 495. The van der Waals surface area contributed by atoms with Crippen molar-refractivity contribution in [1.82, 2.24) is 5.32 Å². The van der Waals surface area contributed by atoms with Gasteiger partial charge in [0.1, 0.15) is 0 Å². The predicted octanol–water partition coefficient (Wildman–Crippen LogP) is 3.57. The van der Waals surface area contributed by atoms with E-state index < -0.39 is 0 Å². The van der Waals surface area contributed by atoms with Crippen molar-refractivity contribution in [1.29, 1.82) is 0 Å². The van der Waals surface area contributed by atoms with Gasteiger partial charge in [0, 0.05) is 5.56 Å². The highest BCUT2D eigenvalue weighted by Gasteiger charge is 2.40. The Morgan fingerprint density at radius 3 is 2.60 bits per heavy atom. The lowest BCUT2D eigenvalue weighted by molar-refractivity contribution is 0.110. The molecule has 1 N–H and O–H groups in total. The number of alkyl carbamates (subject to hydrolysis) is 1. The van der Waals surface area contributed by atoms with Gasteiger partial charge >= 0.3 is 6.09 Å². The summed E-state index contributed by atoms with van der Waals surface area (Å²) in [5, 5.41) is 3.03. The number of benzene rings is 1. The first kappa shape index (κ1) is 14.5. The third kappa shape index (κ3) is 3.14. The van der Waals surface area contributed by atoms with Gasteiger partial charge in [-0.2, -0.15) is 0 Å². The maximum Gasteiger partial charge on any atom is 0.407 e. The molecule has 0 saturated heterocycles. The molecule has 1 aliphatic rings. The summed E-state index contributed by atoms with van der Waals surface area (Å²) < 4.78 is 5.20. The standard InChI is InChI=1S/C17H21NO2/c1-3-5-13-20-16(19)18-17(11-6-12-17)15-9-7-14(4-2)8-10-15/h2,7-10H,3,5-6,11-13H2,1H3,(H,18,19). The monoisotopic (exact) mass is 271 g/mol. The van der Waals surface area contributed by atoms with Crippen molar-refractivity contribution in [2.24, 2.45) is 0 Å². The average Bonchev–Trinajstić information content (AvgIpc) is 2.43. The highest BCUT2D eigenvalue weighted by molar-refractivity contribution is 5.69. The Balaban J connectivity index is 2.01. The first-order chi connectivity index (χ1) is 9.70. The number of carbonyl (C=O) groups is 1. The molecule has 1 aromatic rings. The summed E-state index contributed by atoms with van der Waals surface area (Å²) in [4.78, 5) is 11.9. The van der Waals surface area contributed by atoms with Crippen LogP contribution in [0.3, 0.4) is 0 Å². The first-order valence-electron chi connectivity index (χ1n) is 7.22. The van der Waals surface area contributed by atoms with E-state index in [2.05, 4.69) is 18.2 Å². The lowest BCUT2D eigenvalue weighted by atomic mass is 9.72. The SMILES string of the molecule is C#Cc1ccc(C2(NC(=O)OCCCC)CCC2)cc1. The molecule has 106 valence electrons. The third-order valence-corrected chi connectivity index (χ3v) is 3.88. The van der Waals surface area contributed by atoms with Gasteiger partial charge in [0.25, 0.3) is 0 Å². The second-order valence-electron chi connectivity index (χ2n) is 5.27. The van der Waals surface area contributed by atoms with Crippen molar-refractivity contribution in [3.8, 4) is 12.3 Å². The molecule has 20 heavy (non-hydrogen) atoms. The highest BCUT2D eigenvalue weighted by Crippen LogP contribution is 2.41. The normalized spacial score (nSPS) is 15.8. The number of ether oxygens (including phenoxy) is 1. The molecule has 1 fully saturated rings. The van der Waals surface area contributed by atoms with Crippen LogP contribution in [0.4, 0.5) is 4.79 Å². The molecular weight excluding hydrogens is 250 g/mol. The molecule has 3 nitrogen and oxygen atoms in total. The average molecular weight is 271 g/mol. The number of nitrogens with one attached hydrogen (secondary N) is 1. The fraction of sp³-hybridized carbons (Fsp3) is 0.471. The first-order valence-corrected chi connectivity index (χ1v) is 7.22. The molecule has 1 amide bonds. The number of amides is 1. The molecule has 3 heteroatoms. The maximum atomic E-state index is 11.9. The number of hydrogen-bond donors (Lipinski definition) is 1. The Kier molecular flexibility index (Phi) is 4.68. The van der Waals surface area contributed by atoms with Gasteiger partial charge in [-0.25, -0.2) is 4.79 Å². The van der Waals surface area contributed by atoms with E-state index in [4.69, 9.17) is 11.2 Å². The molecule has 0 atom stereocenters. The van der Waals surface area contributed by atoms with Crippen LogP contribution in [0.1, 0.15) is 50.2 Å². The zero-order valence-electron chi connectivity index (χ0n) is 11.9. The molecule has 1 aromatic carbocycles. The van der Waals surface area contributed by atoms with Crippen molar-refractivity contribution >= 4 is 6.09 Å². The fourth-order valence-corrected chi connectivity index (χ4v) is 2.44. The molecule has 0 radical (unpaired) electrons. The molecule has 1 saturated carbocycles. The van der Waals surface area contributed by atoms with Crippen LogP contribution in [-0.4, -0.2) is 12.7 Å². The van der Waals surface area contributed by atoms with Crippen LogP contribution in [0, 0.1) is 12.3 Å². The topological polar surface area (TPSA) is 38.3 Å². The molecule has 0 aliphatic heterocycles. The van der Waals surface area contributed by atoms with E-state index in [1.807, 2.05) is 24.3 Å². The summed E-state index contributed by atoms with van der Waals surface area (Å²) in [7, 11) is 0. The molecule has 2 rings (SSSR count). The Morgan fingerprint density at radius 2 is 2.10 bits per heavy atom. The van der Waals surface area contributed by atoms with Gasteiger partial charge in [-0.1, -0.05) is 31.4 Å². The summed E-state index contributed by atoms with van der Waals surface area (Å²) in [6.07, 6.45) is 9.98. The second-order valence-corrected chi connectivity index (χ2v) is 5.27. The minimum atomic E-state index is -0.320. The van der Waals surface area contributed by atoms with Crippen molar-refractivity contribution in [2.45, 2.75) is 44.6 Å². The zero-order valence-corrected chi connectivity index (χ0v) is 11.9. The van der Waals surface area contributed by atoms with Crippen LogP contribution in [0.5, 0.6) is 0 Å². The quantitative estimate of drug-likeness (QED) is 0.656. The van der Waals surface area contributed by atoms with E-state index in [1.54, 1.807) is 0 Å². The summed E-state index contributed by atoms with van der Waals surface area (Å²) in [5.74, 6) is 2.60. The Morgan fingerprint density at radius 1 is 1.40 bits per heavy atom. The van der Waals surface area contributed by atoms with Crippen LogP contribution < -0.4 is 5.32 Å². The number of hydrogen-bond acceptors (Lipinski definition) is 2. The number of unbranched alkanes of at least 4 members (excludes halogenated alkanes) is 1. The number of terminal acetylenes is 1. The van der Waals surface area contributed by atoms with Crippen LogP contribution >= 0.6 is 0 Å². The van der Waals surface area contributed by atoms with Crippen LogP contribution in [-0.2, 0) is 10.3 Å². The van der Waals surface area contributed by atoms with Crippen LogP contribution in [0.15, 0.2) is 24.3 Å². The van der Waals surface area contributed by atoms with Crippen LogP contribution in [0.25, 0.3) is 0 Å². The second kappa shape index (κ2) is 6.47. The molecule has 0 bridgehead atoms. The van der Waals surface area contributed by atoms with Gasteiger partial charge in [0.2, 0.25) is 0 Å². The molecule has 0 heterocycles. The largest absolute Gasteiger partial charge is 0.450 e. The smallest absolute Gasteiger partial charge is 0.407 e. The maximum absolute atomic E-state index is 11.9. The fourth-order valence-electron chi connectivity index (χ4n) is 2.44. The van der Waals surface area contributed by atoms with Crippen molar-refractivity contribution in [2.75, 3.05) is 6.61 Å². The minimum absolute atomic E-state index is 0.267. The predicted molar refractivity (Wildman–Crippen MR) is 79.3 cm³/mol. The van der Waals surface area contributed by atoms with Gasteiger partial charge in [-0.05, 0) is 43.4 Å². The van der Waals surface area contributed by atoms with Crippen molar-refractivity contribution in [3.63, 3.8) is 0 Å². The molecule has 1 aliphatic carbocycles. The lowest BCUT2D eigenvalue weighted by Crippen LogP contribution is -2.51. The van der Waals surface area contributed by atoms with Gasteiger partial charge in [0.05, 0.1) is 12.1 Å². The van der Waals surface area contributed by atoms with Gasteiger partial charge < -0.3 is 10.1 Å². The van der Waals surface area contributed by atoms with Gasteiger partial charge in [-0.15, -0.1) is 6.42 Å².